The molecule has 1 aromatic rings. The second-order valence-electron chi connectivity index (χ2n) is 5.23. The number of aryl methyl sites for hydroxylation is 1. The fraction of sp³-hybridized carbons (Fsp3) is 0.692. The van der Waals surface area contributed by atoms with Gasteiger partial charge in [-0.05, 0) is 25.3 Å². The van der Waals surface area contributed by atoms with Gasteiger partial charge in [0.1, 0.15) is 0 Å². The van der Waals surface area contributed by atoms with E-state index in [9.17, 15) is 4.79 Å². The van der Waals surface area contributed by atoms with Gasteiger partial charge in [-0.15, -0.1) is 24.8 Å². The lowest BCUT2D eigenvalue weighted by atomic mass is 9.94. The predicted octanol–water partition coefficient (Wildman–Crippen LogP) is 0.720. The molecule has 1 fully saturated rings. The Morgan fingerprint density at radius 3 is 2.71 bits per heavy atom. The molecule has 1 saturated heterocycles. The maximum atomic E-state index is 12.5. The number of hydrogen-bond donors (Lipinski definition) is 1. The van der Waals surface area contributed by atoms with Crippen LogP contribution in [-0.2, 0) is 17.7 Å². The Morgan fingerprint density at radius 2 is 2.05 bits per heavy atom. The van der Waals surface area contributed by atoms with Crippen molar-refractivity contribution in [2.75, 3.05) is 32.8 Å². The van der Waals surface area contributed by atoms with Gasteiger partial charge in [-0.2, -0.15) is 5.10 Å². The van der Waals surface area contributed by atoms with Gasteiger partial charge in [0.05, 0.1) is 30.7 Å². The number of hydrogen-bond acceptors (Lipinski definition) is 4. The number of amides is 1. The molecule has 2 aliphatic heterocycles. The monoisotopic (exact) mass is 336 g/mol. The zero-order valence-electron chi connectivity index (χ0n) is 11.9. The van der Waals surface area contributed by atoms with Gasteiger partial charge in [-0.3, -0.25) is 9.48 Å². The topological polar surface area (TPSA) is 73.4 Å². The van der Waals surface area contributed by atoms with Gasteiger partial charge in [0.25, 0.3) is 5.91 Å². The van der Waals surface area contributed by atoms with E-state index in [0.29, 0.717) is 38.8 Å². The largest absolute Gasteiger partial charge is 0.378 e. The van der Waals surface area contributed by atoms with Crippen LogP contribution in [0, 0.1) is 5.92 Å². The molecule has 2 aliphatic rings. The van der Waals surface area contributed by atoms with Crippen LogP contribution >= 0.6 is 24.8 Å². The van der Waals surface area contributed by atoms with Crippen molar-refractivity contribution < 1.29 is 9.53 Å². The van der Waals surface area contributed by atoms with Crippen molar-refractivity contribution in [3.05, 3.63) is 17.5 Å². The van der Waals surface area contributed by atoms with Gasteiger partial charge in [-0.25, -0.2) is 0 Å². The number of aromatic nitrogens is 2. The summed E-state index contributed by atoms with van der Waals surface area (Å²) in [6.07, 6.45) is 3.63. The van der Waals surface area contributed by atoms with E-state index in [-0.39, 0.29) is 30.7 Å². The van der Waals surface area contributed by atoms with Gasteiger partial charge in [0.2, 0.25) is 0 Å². The molecular formula is C13H22Cl2N4O2. The first-order valence-corrected chi connectivity index (χ1v) is 6.91. The minimum Gasteiger partial charge on any atom is -0.378 e. The van der Waals surface area contributed by atoms with Crippen LogP contribution in [0.5, 0.6) is 0 Å². The number of nitrogens with two attached hydrogens (primary N) is 1. The number of ether oxygens (including phenoxy) is 1. The molecule has 1 atom stereocenters. The maximum absolute atomic E-state index is 12.5. The number of carbonyl (C=O) groups excluding carboxylic acids is 1. The van der Waals surface area contributed by atoms with E-state index < -0.39 is 0 Å². The number of nitrogens with zero attached hydrogens (tertiary/aromatic N) is 3. The minimum atomic E-state index is 0. The molecule has 0 bridgehead atoms. The molecule has 3 rings (SSSR count). The molecule has 0 aliphatic carbocycles. The van der Waals surface area contributed by atoms with E-state index in [4.69, 9.17) is 10.5 Å². The minimum absolute atomic E-state index is 0. The predicted molar refractivity (Wildman–Crippen MR) is 84.3 cm³/mol. The summed E-state index contributed by atoms with van der Waals surface area (Å²) in [5.41, 5.74) is 7.56. The van der Waals surface area contributed by atoms with Crippen molar-refractivity contribution in [2.45, 2.75) is 19.4 Å². The van der Waals surface area contributed by atoms with Gasteiger partial charge in [0, 0.05) is 19.6 Å². The Hall–Kier alpha value is -0.820. The number of fused-ring (bicyclic) bond motifs is 1. The first-order valence-electron chi connectivity index (χ1n) is 6.91. The average Bonchev–Trinajstić information content (AvgIpc) is 2.90. The Morgan fingerprint density at radius 1 is 1.33 bits per heavy atom. The first-order chi connectivity index (χ1) is 9.29. The average molecular weight is 337 g/mol. The molecule has 1 aromatic heterocycles. The van der Waals surface area contributed by atoms with E-state index in [0.717, 1.165) is 30.6 Å². The molecule has 0 radical (unpaired) electrons. The highest BCUT2D eigenvalue weighted by Crippen LogP contribution is 2.23. The Labute approximate surface area is 136 Å². The fourth-order valence-corrected chi connectivity index (χ4v) is 2.82. The Bertz CT molecular complexity index is 475. The molecule has 0 aromatic carbocycles. The van der Waals surface area contributed by atoms with Gasteiger partial charge in [0.15, 0.2) is 0 Å². The van der Waals surface area contributed by atoms with E-state index in [2.05, 4.69) is 5.10 Å². The summed E-state index contributed by atoms with van der Waals surface area (Å²) in [6, 6.07) is 0. The normalized spacial score (nSPS) is 21.0. The highest BCUT2D eigenvalue weighted by atomic mass is 35.5. The third-order valence-corrected chi connectivity index (χ3v) is 4.04. The van der Waals surface area contributed by atoms with Crippen LogP contribution in [0.3, 0.4) is 0 Å². The SMILES string of the molecule is Cl.Cl.NCC1CCn2ncc(C(=O)N3CCOCC3)c2C1. The molecule has 6 nitrogen and oxygen atoms in total. The third-order valence-electron chi connectivity index (χ3n) is 4.04. The van der Waals surface area contributed by atoms with Crippen molar-refractivity contribution in [3.8, 4) is 0 Å². The lowest BCUT2D eigenvalue weighted by Crippen LogP contribution is -2.41. The molecule has 0 spiro atoms. The number of morpholine rings is 1. The summed E-state index contributed by atoms with van der Waals surface area (Å²) in [5, 5.41) is 4.34. The van der Waals surface area contributed by atoms with Gasteiger partial charge >= 0.3 is 0 Å². The molecular weight excluding hydrogens is 315 g/mol. The van der Waals surface area contributed by atoms with Crippen LogP contribution in [0.25, 0.3) is 0 Å². The molecule has 8 heteroatoms. The molecule has 2 N–H and O–H groups in total. The lowest BCUT2D eigenvalue weighted by molar-refractivity contribution is 0.0301. The van der Waals surface area contributed by atoms with E-state index >= 15 is 0 Å². The van der Waals surface area contributed by atoms with Gasteiger partial charge in [-0.1, -0.05) is 0 Å². The second-order valence-corrected chi connectivity index (χ2v) is 5.23. The summed E-state index contributed by atoms with van der Waals surface area (Å²) in [4.78, 5) is 14.4. The third kappa shape index (κ3) is 3.69. The molecule has 120 valence electrons. The van der Waals surface area contributed by atoms with E-state index in [1.54, 1.807) is 6.20 Å². The molecule has 1 unspecified atom stereocenters. The Kier molecular flexibility index (Phi) is 6.93. The van der Waals surface area contributed by atoms with Crippen LogP contribution in [0.1, 0.15) is 22.5 Å². The standard InChI is InChI=1S/C13H20N4O2.2ClH/c14-8-10-1-2-17-12(7-10)11(9-15-17)13(18)16-3-5-19-6-4-16;;/h9-10H,1-8,14H2;2*1H. The van der Waals surface area contributed by atoms with E-state index in [1.165, 1.54) is 0 Å². The highest BCUT2D eigenvalue weighted by molar-refractivity contribution is 5.95. The zero-order valence-corrected chi connectivity index (χ0v) is 13.5. The first kappa shape index (κ1) is 18.2. The summed E-state index contributed by atoms with van der Waals surface area (Å²) in [5.74, 6) is 0.558. The zero-order chi connectivity index (χ0) is 13.2. The second kappa shape index (κ2) is 7.98. The van der Waals surface area contributed by atoms with Crippen molar-refractivity contribution in [3.63, 3.8) is 0 Å². The van der Waals surface area contributed by atoms with Crippen LogP contribution in [0.15, 0.2) is 6.20 Å². The van der Waals surface area contributed by atoms with E-state index in [1.807, 2.05) is 9.58 Å². The summed E-state index contributed by atoms with van der Waals surface area (Å²) in [6.45, 7) is 4.14. The molecule has 3 heterocycles. The van der Waals surface area contributed by atoms with Crippen LogP contribution in [0.4, 0.5) is 0 Å². The van der Waals surface area contributed by atoms with Crippen molar-refractivity contribution in [1.82, 2.24) is 14.7 Å². The fourth-order valence-electron chi connectivity index (χ4n) is 2.82. The summed E-state index contributed by atoms with van der Waals surface area (Å²) in [7, 11) is 0. The van der Waals surface area contributed by atoms with Crippen molar-refractivity contribution in [2.24, 2.45) is 11.7 Å². The highest BCUT2D eigenvalue weighted by Gasteiger charge is 2.27. The number of carbonyl (C=O) groups is 1. The van der Waals surface area contributed by atoms with Crippen molar-refractivity contribution >= 4 is 30.7 Å². The lowest BCUT2D eigenvalue weighted by Gasteiger charge is -2.28. The number of rotatable bonds is 2. The van der Waals surface area contributed by atoms with Crippen LogP contribution < -0.4 is 5.73 Å². The maximum Gasteiger partial charge on any atom is 0.257 e. The Balaban J connectivity index is 0.00000110. The molecule has 1 amide bonds. The summed E-state index contributed by atoms with van der Waals surface area (Å²) >= 11 is 0. The van der Waals surface area contributed by atoms with Gasteiger partial charge < -0.3 is 15.4 Å². The van der Waals surface area contributed by atoms with Crippen LogP contribution in [0.2, 0.25) is 0 Å². The number of halogens is 2. The van der Waals surface area contributed by atoms with Crippen molar-refractivity contribution in [1.29, 1.82) is 0 Å². The molecule has 21 heavy (non-hydrogen) atoms. The summed E-state index contributed by atoms with van der Waals surface area (Å²) < 4.78 is 7.24. The quantitative estimate of drug-likeness (QED) is 0.863. The smallest absolute Gasteiger partial charge is 0.257 e. The molecule has 0 saturated carbocycles. The van der Waals surface area contributed by atoms with Crippen LogP contribution in [-0.4, -0.2) is 53.4 Å².